The van der Waals surface area contributed by atoms with Crippen molar-refractivity contribution in [3.05, 3.63) is 103 Å². The molecule has 2 nitrogen and oxygen atoms in total. The molecule has 0 radical (unpaired) electrons. The van der Waals surface area contributed by atoms with Crippen molar-refractivity contribution in [1.29, 1.82) is 0 Å². The van der Waals surface area contributed by atoms with Gasteiger partial charge in [-0.2, -0.15) is 0 Å². The molecular formula is C26H27O2P. The van der Waals surface area contributed by atoms with E-state index < -0.39 is 12.3 Å². The van der Waals surface area contributed by atoms with E-state index in [1.165, 1.54) is 0 Å². The van der Waals surface area contributed by atoms with Crippen molar-refractivity contribution in [3.8, 4) is 0 Å². The molecule has 3 rings (SSSR count). The summed E-state index contributed by atoms with van der Waals surface area (Å²) in [6, 6.07) is 28.9. The molecule has 0 aliphatic rings. The first-order valence-corrected chi connectivity index (χ1v) is 11.7. The van der Waals surface area contributed by atoms with Crippen LogP contribution < -0.4 is 10.6 Å². The fraction of sp³-hybridized carbons (Fsp3) is 0.192. The monoisotopic (exact) mass is 402 g/mol. The topological polar surface area (TPSA) is 34.1 Å². The molecule has 1 atom stereocenters. The molecule has 0 aliphatic heterocycles. The van der Waals surface area contributed by atoms with Crippen molar-refractivity contribution in [3.63, 3.8) is 0 Å². The van der Waals surface area contributed by atoms with E-state index >= 15 is 0 Å². The first-order chi connectivity index (χ1) is 14.0. The molecule has 29 heavy (non-hydrogen) atoms. The molecule has 3 aromatic rings. The van der Waals surface area contributed by atoms with Crippen molar-refractivity contribution in [2.75, 3.05) is 0 Å². The Morgan fingerprint density at radius 1 is 0.828 bits per heavy atom. The van der Waals surface area contributed by atoms with Gasteiger partial charge >= 0.3 is 0 Å². The zero-order chi connectivity index (χ0) is 20.7. The van der Waals surface area contributed by atoms with Crippen molar-refractivity contribution in [1.82, 2.24) is 0 Å². The van der Waals surface area contributed by atoms with Gasteiger partial charge in [-0.05, 0) is 18.9 Å². The number of carbonyl (C=O) groups is 1. The fourth-order valence-corrected chi connectivity index (χ4v) is 7.28. The highest BCUT2D eigenvalue weighted by Crippen LogP contribution is 2.58. The van der Waals surface area contributed by atoms with Crippen LogP contribution in [0.2, 0.25) is 0 Å². The van der Waals surface area contributed by atoms with E-state index in [1.54, 1.807) is 0 Å². The summed E-state index contributed by atoms with van der Waals surface area (Å²) in [6.45, 7) is 3.72. The van der Waals surface area contributed by atoms with Gasteiger partial charge in [-0.25, -0.2) is 0 Å². The smallest absolute Gasteiger partial charge is 0.156 e. The van der Waals surface area contributed by atoms with Crippen LogP contribution in [-0.2, 0) is 9.36 Å². The summed E-state index contributed by atoms with van der Waals surface area (Å²) >= 11 is 0. The molecule has 3 heteroatoms. The van der Waals surface area contributed by atoms with Crippen LogP contribution in [-0.4, -0.2) is 10.9 Å². The summed E-state index contributed by atoms with van der Waals surface area (Å²) in [7, 11) is -3.24. The summed E-state index contributed by atoms with van der Waals surface area (Å²) in [5, 5.41) is 0.433. The molecule has 148 valence electrons. The zero-order valence-corrected chi connectivity index (χ0v) is 17.9. The molecule has 0 N–H and O–H groups in total. The van der Waals surface area contributed by atoms with Crippen LogP contribution in [0.25, 0.3) is 6.08 Å². The number of benzene rings is 3. The van der Waals surface area contributed by atoms with E-state index in [9.17, 15) is 9.36 Å². The van der Waals surface area contributed by atoms with Gasteiger partial charge in [0.25, 0.3) is 0 Å². The SMILES string of the molecule is CCC(=O)C(C)(C/C=C/c1ccccc1)P(=O)(c1ccccc1)c1ccccc1. The zero-order valence-electron chi connectivity index (χ0n) is 17.0. The van der Waals surface area contributed by atoms with Gasteiger partial charge < -0.3 is 4.57 Å². The molecule has 0 aliphatic carbocycles. The first-order valence-electron chi connectivity index (χ1n) is 9.98. The van der Waals surface area contributed by atoms with E-state index in [0.29, 0.717) is 12.8 Å². The molecular weight excluding hydrogens is 375 g/mol. The summed E-state index contributed by atoms with van der Waals surface area (Å²) in [6.07, 6.45) is 4.75. The van der Waals surface area contributed by atoms with Crippen molar-refractivity contribution < 1.29 is 9.36 Å². The summed E-state index contributed by atoms with van der Waals surface area (Å²) in [5.41, 5.74) is 1.06. The van der Waals surface area contributed by atoms with Crippen LogP contribution in [0.3, 0.4) is 0 Å². The van der Waals surface area contributed by atoms with Gasteiger partial charge in [0, 0.05) is 17.0 Å². The number of rotatable bonds is 8. The molecule has 0 aromatic heterocycles. The highest BCUT2D eigenvalue weighted by atomic mass is 31.2. The van der Waals surface area contributed by atoms with Crippen LogP contribution in [0.4, 0.5) is 0 Å². The molecule has 0 saturated carbocycles. The Balaban J connectivity index is 2.13. The van der Waals surface area contributed by atoms with Gasteiger partial charge in [0.15, 0.2) is 7.14 Å². The van der Waals surface area contributed by atoms with Crippen LogP contribution >= 0.6 is 7.14 Å². The molecule has 0 amide bonds. The largest absolute Gasteiger partial charge is 0.313 e. The Kier molecular flexibility index (Phi) is 6.67. The molecule has 3 aromatic carbocycles. The molecule has 0 saturated heterocycles. The first kappa shape index (κ1) is 21.0. The number of hydrogen-bond donors (Lipinski definition) is 0. The predicted octanol–water partition coefficient (Wildman–Crippen LogP) is 5.84. The van der Waals surface area contributed by atoms with Crippen molar-refractivity contribution in [2.24, 2.45) is 0 Å². The van der Waals surface area contributed by atoms with Gasteiger partial charge in [-0.1, -0.05) is 110 Å². The second kappa shape index (κ2) is 9.20. The van der Waals surface area contributed by atoms with Gasteiger partial charge in [0.1, 0.15) is 5.78 Å². The number of hydrogen-bond acceptors (Lipinski definition) is 2. The maximum absolute atomic E-state index is 14.8. The lowest BCUT2D eigenvalue weighted by molar-refractivity contribution is -0.120. The van der Waals surface area contributed by atoms with E-state index in [1.807, 2.05) is 117 Å². The minimum atomic E-state index is -3.24. The number of ketones is 1. The number of Topliss-reactive ketones (excluding diaryl/α,β-unsaturated/α-hetero) is 1. The quantitative estimate of drug-likeness (QED) is 0.444. The Hall–Kier alpha value is -2.70. The second-order valence-electron chi connectivity index (χ2n) is 7.35. The minimum Gasteiger partial charge on any atom is -0.313 e. The van der Waals surface area contributed by atoms with Crippen molar-refractivity contribution in [2.45, 2.75) is 31.8 Å². The van der Waals surface area contributed by atoms with E-state index in [0.717, 1.165) is 16.2 Å². The lowest BCUT2D eigenvalue weighted by Gasteiger charge is -2.36. The molecule has 0 heterocycles. The second-order valence-corrected chi connectivity index (χ2v) is 10.6. The average molecular weight is 402 g/mol. The lowest BCUT2D eigenvalue weighted by Crippen LogP contribution is -2.42. The van der Waals surface area contributed by atoms with E-state index in [-0.39, 0.29) is 5.78 Å². The van der Waals surface area contributed by atoms with Gasteiger partial charge in [-0.15, -0.1) is 0 Å². The third kappa shape index (κ3) is 4.18. The Morgan fingerprint density at radius 2 is 1.28 bits per heavy atom. The molecule has 0 spiro atoms. The van der Waals surface area contributed by atoms with Gasteiger partial charge in [0.2, 0.25) is 0 Å². The molecule has 1 unspecified atom stereocenters. The number of allylic oxidation sites excluding steroid dienone is 1. The highest BCUT2D eigenvalue weighted by molar-refractivity contribution is 7.80. The maximum atomic E-state index is 14.8. The summed E-state index contributed by atoms with van der Waals surface area (Å²) < 4.78 is 14.8. The van der Waals surface area contributed by atoms with Crippen LogP contribution in [0.1, 0.15) is 32.3 Å². The fourth-order valence-electron chi connectivity index (χ4n) is 3.78. The number of carbonyl (C=O) groups excluding carboxylic acids is 1. The summed E-state index contributed by atoms with van der Waals surface area (Å²) in [5.74, 6) is 0.0197. The van der Waals surface area contributed by atoms with Crippen LogP contribution in [0, 0.1) is 0 Å². The third-order valence-electron chi connectivity index (χ3n) is 5.48. The van der Waals surface area contributed by atoms with Gasteiger partial charge in [0.05, 0.1) is 5.16 Å². The Labute approximate surface area is 173 Å². The van der Waals surface area contributed by atoms with Crippen molar-refractivity contribution >= 4 is 29.6 Å². The Bertz CT molecular complexity index is 967. The lowest BCUT2D eigenvalue weighted by atomic mass is 9.98. The Morgan fingerprint density at radius 3 is 1.72 bits per heavy atom. The highest BCUT2D eigenvalue weighted by Gasteiger charge is 2.50. The van der Waals surface area contributed by atoms with E-state index in [4.69, 9.17) is 0 Å². The molecule has 0 fully saturated rings. The minimum absolute atomic E-state index is 0.0197. The maximum Gasteiger partial charge on any atom is 0.156 e. The molecule has 0 bridgehead atoms. The third-order valence-corrected chi connectivity index (χ3v) is 9.35. The van der Waals surface area contributed by atoms with Crippen LogP contribution in [0.5, 0.6) is 0 Å². The summed E-state index contributed by atoms with van der Waals surface area (Å²) in [4.78, 5) is 13.3. The normalized spacial score (nSPS) is 13.9. The standard InChI is InChI=1S/C26H27O2P/c1-3-25(27)26(2,21-13-16-22-14-7-4-8-15-22)29(28,23-17-9-5-10-18-23)24-19-11-6-12-20-24/h4-20H,3,21H2,1-2H3/b16-13+. The van der Waals surface area contributed by atoms with Gasteiger partial charge in [-0.3, -0.25) is 4.79 Å². The van der Waals surface area contributed by atoms with E-state index in [2.05, 4.69) is 0 Å². The predicted molar refractivity (Wildman–Crippen MR) is 124 cm³/mol. The average Bonchev–Trinajstić information content (AvgIpc) is 2.79. The van der Waals surface area contributed by atoms with Crippen LogP contribution in [0.15, 0.2) is 97.1 Å².